The first kappa shape index (κ1) is 25.7. The molecule has 1 aliphatic heterocycles. The molecular weight excluding hydrogens is 487 g/mol. The first-order chi connectivity index (χ1) is 18.1. The van der Waals surface area contributed by atoms with Gasteiger partial charge in [0.25, 0.3) is 5.91 Å². The minimum Gasteiger partial charge on any atom is -0.364 e. The van der Waals surface area contributed by atoms with Crippen LogP contribution in [0.2, 0.25) is 0 Å². The second kappa shape index (κ2) is 10.1. The van der Waals surface area contributed by atoms with Gasteiger partial charge in [0.05, 0.1) is 23.7 Å². The molecule has 5 rings (SSSR count). The standard InChI is InChI=1S/C27H33FN8O2/c1-6-18-21-8-7-9-22(30-20-11-12-34(5)16-19(20)28)36(21)32-24(18)25-31-23(38-33-25)14-29-26(37)17-10-13-35(15-17)27(2,3)4/h6-10,13,15,19-20,30H,1,11-12,14,16H2,2-5H3,(H,29,37)/t19-,20+/m0/s1. The number of rotatable bonds is 7. The Labute approximate surface area is 220 Å². The van der Waals surface area contributed by atoms with Gasteiger partial charge >= 0.3 is 0 Å². The number of nitrogens with zero attached hydrogens (tertiary/aromatic N) is 6. The summed E-state index contributed by atoms with van der Waals surface area (Å²) >= 11 is 0. The third kappa shape index (κ3) is 5.06. The van der Waals surface area contributed by atoms with Crippen LogP contribution >= 0.6 is 0 Å². The minimum absolute atomic E-state index is 0.0736. The number of fused-ring (bicyclic) bond motifs is 1. The van der Waals surface area contributed by atoms with Gasteiger partial charge in [-0.1, -0.05) is 23.9 Å². The van der Waals surface area contributed by atoms with Crippen LogP contribution in [0.1, 0.15) is 49.0 Å². The third-order valence-corrected chi connectivity index (χ3v) is 6.79. The van der Waals surface area contributed by atoms with Crippen LogP contribution in [0.25, 0.3) is 23.1 Å². The van der Waals surface area contributed by atoms with Crippen LogP contribution in [0.4, 0.5) is 10.2 Å². The zero-order valence-electron chi connectivity index (χ0n) is 22.1. The largest absolute Gasteiger partial charge is 0.364 e. The SMILES string of the molecule is C=Cc1c(-c2noc(CNC(=O)c3ccn(C(C)(C)C)c3)n2)nn2c(N[C@@H]3CCN(C)C[C@@H]3F)cccc12. The van der Waals surface area contributed by atoms with Gasteiger partial charge in [-0.15, -0.1) is 0 Å². The van der Waals surface area contributed by atoms with Crippen molar-refractivity contribution in [2.45, 2.75) is 51.5 Å². The number of carbonyl (C=O) groups excluding carboxylic acids is 1. The van der Waals surface area contributed by atoms with E-state index in [2.05, 4.69) is 48.1 Å². The van der Waals surface area contributed by atoms with Crippen LogP contribution in [0.5, 0.6) is 0 Å². The summed E-state index contributed by atoms with van der Waals surface area (Å²) < 4.78 is 23.8. The zero-order valence-corrected chi connectivity index (χ0v) is 22.1. The Bertz CT molecular complexity index is 1460. The number of hydrogen-bond acceptors (Lipinski definition) is 7. The maximum atomic E-state index is 14.7. The molecule has 200 valence electrons. The van der Waals surface area contributed by atoms with Crippen molar-refractivity contribution in [3.63, 3.8) is 0 Å². The molecule has 2 N–H and O–H groups in total. The third-order valence-electron chi connectivity index (χ3n) is 6.79. The van der Waals surface area contributed by atoms with E-state index in [-0.39, 0.29) is 35.7 Å². The Morgan fingerprint density at radius 1 is 1.32 bits per heavy atom. The molecule has 0 saturated carbocycles. The first-order valence-electron chi connectivity index (χ1n) is 12.7. The van der Waals surface area contributed by atoms with E-state index in [0.29, 0.717) is 30.0 Å². The fourth-order valence-corrected chi connectivity index (χ4v) is 4.60. The first-order valence-corrected chi connectivity index (χ1v) is 12.7. The Morgan fingerprint density at radius 3 is 2.84 bits per heavy atom. The second-order valence-corrected chi connectivity index (χ2v) is 10.7. The highest BCUT2D eigenvalue weighted by atomic mass is 19.1. The van der Waals surface area contributed by atoms with Crippen LogP contribution in [-0.2, 0) is 12.1 Å². The van der Waals surface area contributed by atoms with Gasteiger partial charge in [0.1, 0.15) is 17.7 Å². The van der Waals surface area contributed by atoms with Gasteiger partial charge in [-0.05, 0) is 52.4 Å². The van der Waals surface area contributed by atoms with Crippen molar-refractivity contribution in [3.8, 4) is 11.5 Å². The van der Waals surface area contributed by atoms with E-state index in [1.165, 1.54) is 0 Å². The Kier molecular flexibility index (Phi) is 6.78. The fraction of sp³-hybridized carbons (Fsp3) is 0.407. The summed E-state index contributed by atoms with van der Waals surface area (Å²) in [6.07, 6.45) is 5.08. The molecule has 0 spiro atoms. The van der Waals surface area contributed by atoms with Crippen molar-refractivity contribution >= 4 is 23.3 Å². The van der Waals surface area contributed by atoms with Crippen LogP contribution in [-0.4, -0.2) is 67.5 Å². The molecule has 1 aliphatic rings. The average Bonchev–Trinajstić information content (AvgIpc) is 3.62. The number of alkyl halides is 1. The quantitative estimate of drug-likeness (QED) is 0.380. The topological polar surface area (TPSA) is 106 Å². The number of halogens is 1. The normalized spacial score (nSPS) is 18.6. The van der Waals surface area contributed by atoms with E-state index in [1.807, 2.05) is 47.1 Å². The molecule has 4 aromatic rings. The summed E-state index contributed by atoms with van der Waals surface area (Å²) in [6, 6.07) is 7.13. The number of carbonyl (C=O) groups is 1. The molecule has 0 aliphatic carbocycles. The molecule has 10 nitrogen and oxygen atoms in total. The molecule has 1 amide bonds. The molecule has 2 atom stereocenters. The second-order valence-electron chi connectivity index (χ2n) is 10.7. The number of likely N-dealkylation sites (tertiary alicyclic amines) is 1. The number of piperidine rings is 1. The Balaban J connectivity index is 1.34. The van der Waals surface area contributed by atoms with E-state index in [9.17, 15) is 9.18 Å². The fourth-order valence-electron chi connectivity index (χ4n) is 4.60. The van der Waals surface area contributed by atoms with E-state index in [4.69, 9.17) is 9.62 Å². The highest BCUT2D eigenvalue weighted by Gasteiger charge is 2.28. The van der Waals surface area contributed by atoms with Crippen LogP contribution < -0.4 is 10.6 Å². The summed E-state index contributed by atoms with van der Waals surface area (Å²) in [7, 11) is 1.92. The van der Waals surface area contributed by atoms with Crippen LogP contribution in [0, 0.1) is 0 Å². The lowest BCUT2D eigenvalue weighted by Gasteiger charge is -2.33. The number of nitrogens with one attached hydrogen (secondary N) is 2. The van der Waals surface area contributed by atoms with Crippen LogP contribution in [0.3, 0.4) is 0 Å². The lowest BCUT2D eigenvalue weighted by atomic mass is 10.0. The van der Waals surface area contributed by atoms with Crippen molar-refractivity contribution in [1.82, 2.24) is 34.5 Å². The molecule has 0 unspecified atom stereocenters. The van der Waals surface area contributed by atoms with Gasteiger partial charge in [0.2, 0.25) is 11.7 Å². The average molecular weight is 521 g/mol. The number of hydrogen-bond donors (Lipinski definition) is 2. The summed E-state index contributed by atoms with van der Waals surface area (Å²) in [5.74, 6) is 0.969. The molecule has 38 heavy (non-hydrogen) atoms. The lowest BCUT2D eigenvalue weighted by molar-refractivity contribution is 0.0946. The molecule has 4 aromatic heterocycles. The van der Waals surface area contributed by atoms with E-state index in [1.54, 1.807) is 16.7 Å². The van der Waals surface area contributed by atoms with Crippen molar-refractivity contribution in [2.75, 3.05) is 25.5 Å². The predicted octanol–water partition coefficient (Wildman–Crippen LogP) is 3.97. The molecule has 1 fully saturated rings. The Morgan fingerprint density at radius 2 is 2.13 bits per heavy atom. The zero-order chi connectivity index (χ0) is 27.0. The molecule has 0 bridgehead atoms. The minimum atomic E-state index is -0.986. The highest BCUT2D eigenvalue weighted by Crippen LogP contribution is 2.28. The maximum Gasteiger partial charge on any atom is 0.253 e. The van der Waals surface area contributed by atoms with E-state index in [0.717, 1.165) is 17.6 Å². The molecular formula is C27H33FN8O2. The molecule has 0 radical (unpaired) electrons. The predicted molar refractivity (Wildman–Crippen MR) is 144 cm³/mol. The van der Waals surface area contributed by atoms with Gasteiger partial charge in [-0.3, -0.25) is 4.79 Å². The number of pyridine rings is 1. The van der Waals surface area contributed by atoms with Gasteiger partial charge in [0, 0.05) is 36.6 Å². The van der Waals surface area contributed by atoms with Gasteiger partial charge in [0.15, 0.2) is 0 Å². The number of anilines is 1. The van der Waals surface area contributed by atoms with E-state index < -0.39 is 6.17 Å². The number of amides is 1. The lowest BCUT2D eigenvalue weighted by Crippen LogP contribution is -2.46. The smallest absolute Gasteiger partial charge is 0.253 e. The summed E-state index contributed by atoms with van der Waals surface area (Å²) in [5.41, 5.74) is 2.43. The Hall–Kier alpha value is -3.99. The van der Waals surface area contributed by atoms with Crippen molar-refractivity contribution < 1.29 is 13.7 Å². The molecule has 11 heteroatoms. The maximum absolute atomic E-state index is 14.7. The highest BCUT2D eigenvalue weighted by molar-refractivity contribution is 5.94. The van der Waals surface area contributed by atoms with Crippen LogP contribution in [0.15, 0.2) is 47.8 Å². The molecule has 0 aromatic carbocycles. The molecule has 1 saturated heterocycles. The molecule has 5 heterocycles. The van der Waals surface area contributed by atoms with E-state index >= 15 is 0 Å². The number of aromatic nitrogens is 5. The van der Waals surface area contributed by atoms with Gasteiger partial charge in [-0.2, -0.15) is 10.1 Å². The monoisotopic (exact) mass is 520 g/mol. The summed E-state index contributed by atoms with van der Waals surface area (Å²) in [4.78, 5) is 19.1. The summed E-state index contributed by atoms with van der Waals surface area (Å²) in [5, 5.41) is 15.0. The van der Waals surface area contributed by atoms with Crippen molar-refractivity contribution in [2.24, 2.45) is 0 Å². The van der Waals surface area contributed by atoms with Crippen molar-refractivity contribution in [3.05, 3.63) is 60.3 Å². The summed E-state index contributed by atoms with van der Waals surface area (Å²) in [6.45, 7) is 11.4. The van der Waals surface area contributed by atoms with Crippen molar-refractivity contribution in [1.29, 1.82) is 0 Å². The van der Waals surface area contributed by atoms with Gasteiger partial charge < -0.3 is 24.6 Å². The van der Waals surface area contributed by atoms with Gasteiger partial charge in [-0.25, -0.2) is 8.91 Å².